The van der Waals surface area contributed by atoms with Gasteiger partial charge < -0.3 is 0 Å². The van der Waals surface area contributed by atoms with Crippen molar-refractivity contribution in [2.45, 2.75) is 18.4 Å². The first kappa shape index (κ1) is 11.9. The fourth-order valence-electron chi connectivity index (χ4n) is 1.13. The maximum Gasteiger partial charge on any atom is 0.176 e. The Bertz CT molecular complexity index is 350. The maximum atomic E-state index is 12.6. The van der Waals surface area contributed by atoms with Gasteiger partial charge in [-0.2, -0.15) is 0 Å². The average Bonchev–Trinajstić information content (AvgIpc) is 2.16. The van der Waals surface area contributed by atoms with Crippen molar-refractivity contribution in [3.8, 4) is 0 Å². The van der Waals surface area contributed by atoms with Crippen LogP contribution >= 0.6 is 31.9 Å². The summed E-state index contributed by atoms with van der Waals surface area (Å²) in [6.45, 7) is 1.10. The van der Waals surface area contributed by atoms with Crippen LogP contribution in [0, 0.1) is 0 Å². The SMILES string of the molecule is CC(Br)C(=O)c1ccc(Br)cc1CF. The van der Waals surface area contributed by atoms with E-state index in [2.05, 4.69) is 31.9 Å². The van der Waals surface area contributed by atoms with Crippen LogP contribution in [0.4, 0.5) is 4.39 Å². The summed E-state index contributed by atoms with van der Waals surface area (Å²) in [5.74, 6) is -0.0925. The number of ketones is 1. The third kappa shape index (κ3) is 2.64. The molecule has 0 fully saturated rings. The Kier molecular flexibility index (Phi) is 4.26. The molecule has 4 heteroatoms. The van der Waals surface area contributed by atoms with Gasteiger partial charge in [0.25, 0.3) is 0 Å². The molecule has 0 N–H and O–H groups in total. The van der Waals surface area contributed by atoms with Crippen LogP contribution in [0.5, 0.6) is 0 Å². The molecule has 0 aliphatic rings. The molecule has 1 nitrogen and oxygen atoms in total. The van der Waals surface area contributed by atoms with Crippen LogP contribution in [0.2, 0.25) is 0 Å². The molecule has 1 aromatic rings. The van der Waals surface area contributed by atoms with Gasteiger partial charge in [-0.1, -0.05) is 31.9 Å². The van der Waals surface area contributed by atoms with E-state index in [4.69, 9.17) is 0 Å². The molecule has 0 heterocycles. The van der Waals surface area contributed by atoms with Crippen LogP contribution in [-0.2, 0) is 6.67 Å². The lowest BCUT2D eigenvalue weighted by atomic mass is 10.0. The van der Waals surface area contributed by atoms with E-state index in [-0.39, 0.29) is 10.6 Å². The number of rotatable bonds is 3. The predicted octanol–water partition coefficient (Wildman–Crippen LogP) is 3.88. The molecule has 0 bridgehead atoms. The second-order valence-electron chi connectivity index (χ2n) is 2.92. The Balaban J connectivity index is 3.14. The number of carbonyl (C=O) groups is 1. The van der Waals surface area contributed by atoms with E-state index >= 15 is 0 Å². The Morgan fingerprint density at radius 1 is 1.57 bits per heavy atom. The molecule has 0 radical (unpaired) electrons. The first-order valence-electron chi connectivity index (χ1n) is 4.09. The molecule has 0 aromatic heterocycles. The van der Waals surface area contributed by atoms with Crippen molar-refractivity contribution >= 4 is 37.6 Å². The van der Waals surface area contributed by atoms with Crippen LogP contribution in [0.3, 0.4) is 0 Å². The quantitative estimate of drug-likeness (QED) is 0.609. The molecule has 0 amide bonds. The summed E-state index contributed by atoms with van der Waals surface area (Å²) >= 11 is 6.41. The van der Waals surface area contributed by atoms with Crippen LogP contribution in [-0.4, -0.2) is 10.6 Å². The maximum absolute atomic E-state index is 12.6. The minimum absolute atomic E-state index is 0.0925. The topological polar surface area (TPSA) is 17.1 Å². The van der Waals surface area contributed by atoms with Gasteiger partial charge >= 0.3 is 0 Å². The van der Waals surface area contributed by atoms with Crippen molar-refractivity contribution in [1.29, 1.82) is 0 Å². The average molecular weight is 324 g/mol. The normalized spacial score (nSPS) is 12.6. The molecular weight excluding hydrogens is 315 g/mol. The molecular formula is C10H9Br2FO. The Morgan fingerprint density at radius 2 is 2.21 bits per heavy atom. The van der Waals surface area contributed by atoms with Crippen molar-refractivity contribution in [3.05, 3.63) is 33.8 Å². The van der Waals surface area contributed by atoms with E-state index in [1.807, 2.05) is 0 Å². The summed E-state index contributed by atoms with van der Waals surface area (Å²) in [4.78, 5) is 11.3. The number of hydrogen-bond acceptors (Lipinski definition) is 1. The lowest BCUT2D eigenvalue weighted by Crippen LogP contribution is -2.12. The second kappa shape index (κ2) is 5.03. The van der Waals surface area contributed by atoms with Crippen LogP contribution in [0.15, 0.2) is 22.7 Å². The molecule has 1 rings (SSSR count). The molecule has 0 saturated heterocycles. The fourth-order valence-corrected chi connectivity index (χ4v) is 1.78. The summed E-state index contributed by atoms with van der Waals surface area (Å²) in [6, 6.07) is 5.00. The number of halogens is 3. The molecule has 14 heavy (non-hydrogen) atoms. The largest absolute Gasteiger partial charge is 0.293 e. The molecule has 1 unspecified atom stereocenters. The Hall–Kier alpha value is -0.220. The molecule has 0 aliphatic carbocycles. The molecule has 0 saturated carbocycles. The molecule has 0 spiro atoms. The van der Waals surface area contributed by atoms with Crippen molar-refractivity contribution in [1.82, 2.24) is 0 Å². The van der Waals surface area contributed by atoms with E-state index in [1.165, 1.54) is 0 Å². The van der Waals surface area contributed by atoms with E-state index < -0.39 is 6.67 Å². The van der Waals surface area contributed by atoms with E-state index in [0.717, 1.165) is 4.47 Å². The summed E-state index contributed by atoms with van der Waals surface area (Å²) in [5, 5.41) is 0. The zero-order valence-corrected chi connectivity index (χ0v) is 10.7. The smallest absolute Gasteiger partial charge is 0.176 e. The number of carbonyl (C=O) groups excluding carboxylic acids is 1. The highest BCUT2D eigenvalue weighted by Gasteiger charge is 2.15. The van der Waals surface area contributed by atoms with Gasteiger partial charge in [0.2, 0.25) is 0 Å². The summed E-state index contributed by atoms with van der Waals surface area (Å²) in [7, 11) is 0. The zero-order valence-electron chi connectivity index (χ0n) is 7.56. The minimum Gasteiger partial charge on any atom is -0.293 e. The van der Waals surface area contributed by atoms with Gasteiger partial charge in [-0.3, -0.25) is 4.79 Å². The van der Waals surface area contributed by atoms with Gasteiger partial charge in [0.15, 0.2) is 5.78 Å². The van der Waals surface area contributed by atoms with Crippen molar-refractivity contribution in [3.63, 3.8) is 0 Å². The highest BCUT2D eigenvalue weighted by molar-refractivity contribution is 9.10. The van der Waals surface area contributed by atoms with Crippen molar-refractivity contribution in [2.75, 3.05) is 0 Å². The summed E-state index contributed by atoms with van der Waals surface area (Å²) in [5.41, 5.74) is 0.871. The number of Topliss-reactive ketones (excluding diaryl/α,β-unsaturated/α-hetero) is 1. The van der Waals surface area contributed by atoms with Gasteiger partial charge in [0.05, 0.1) is 4.83 Å². The lowest BCUT2D eigenvalue weighted by molar-refractivity contribution is 0.0994. The van der Waals surface area contributed by atoms with E-state index in [1.54, 1.807) is 25.1 Å². The molecule has 1 atom stereocenters. The van der Waals surface area contributed by atoms with Gasteiger partial charge in [-0.25, -0.2) is 4.39 Å². The lowest BCUT2D eigenvalue weighted by Gasteiger charge is -2.07. The predicted molar refractivity (Wildman–Crippen MR) is 61.7 cm³/mol. The van der Waals surface area contributed by atoms with Crippen LogP contribution < -0.4 is 0 Å². The standard InChI is InChI=1S/C10H9Br2FO/c1-6(11)10(14)9-3-2-8(12)4-7(9)5-13/h2-4,6H,5H2,1H3. The Labute approximate surface area is 99.0 Å². The van der Waals surface area contributed by atoms with Gasteiger partial charge in [-0.15, -0.1) is 0 Å². The van der Waals surface area contributed by atoms with Crippen molar-refractivity contribution in [2.24, 2.45) is 0 Å². The van der Waals surface area contributed by atoms with Crippen LogP contribution in [0.1, 0.15) is 22.8 Å². The highest BCUT2D eigenvalue weighted by Crippen LogP contribution is 2.20. The van der Waals surface area contributed by atoms with Gasteiger partial charge in [-0.05, 0) is 30.7 Å². The third-order valence-corrected chi connectivity index (χ3v) is 2.75. The van der Waals surface area contributed by atoms with Gasteiger partial charge in [0.1, 0.15) is 6.67 Å². The molecule has 0 aliphatic heterocycles. The first-order valence-corrected chi connectivity index (χ1v) is 5.79. The molecule has 1 aromatic carbocycles. The number of hydrogen-bond donors (Lipinski definition) is 0. The third-order valence-electron chi connectivity index (χ3n) is 1.84. The fraction of sp³-hybridized carbons (Fsp3) is 0.300. The van der Waals surface area contributed by atoms with Crippen molar-refractivity contribution < 1.29 is 9.18 Å². The summed E-state index contributed by atoms with van der Waals surface area (Å²) in [6.07, 6.45) is 0. The zero-order chi connectivity index (χ0) is 10.7. The highest BCUT2D eigenvalue weighted by atomic mass is 79.9. The minimum atomic E-state index is -0.625. The van der Waals surface area contributed by atoms with Gasteiger partial charge in [0, 0.05) is 10.0 Å². The summed E-state index contributed by atoms with van der Waals surface area (Å²) < 4.78 is 13.4. The first-order chi connectivity index (χ1) is 6.56. The second-order valence-corrected chi connectivity index (χ2v) is 5.20. The van der Waals surface area contributed by atoms with E-state index in [0.29, 0.717) is 11.1 Å². The van der Waals surface area contributed by atoms with E-state index in [9.17, 15) is 9.18 Å². The number of benzene rings is 1. The van der Waals surface area contributed by atoms with Crippen LogP contribution in [0.25, 0.3) is 0 Å². The number of alkyl halides is 2. The molecule has 76 valence electrons. The monoisotopic (exact) mass is 322 g/mol. The Morgan fingerprint density at radius 3 is 2.71 bits per heavy atom.